The predicted octanol–water partition coefficient (Wildman–Crippen LogP) is 1.33. The zero-order valence-electron chi connectivity index (χ0n) is 10.2. The fourth-order valence-corrected chi connectivity index (χ4v) is 4.44. The molecule has 1 rings (SSSR count). The van der Waals surface area contributed by atoms with Crippen LogP contribution in [0.15, 0.2) is 0 Å². The average molecular weight is 285 g/mol. The summed E-state index contributed by atoms with van der Waals surface area (Å²) in [6.07, 6.45) is 1.57. The number of methoxy groups -OCH3 is 1. The Bertz CT molecular complexity index is 305. The number of ether oxygens (including phenoxy) is 2. The van der Waals surface area contributed by atoms with Crippen LogP contribution in [0.2, 0.25) is 0 Å². The van der Waals surface area contributed by atoms with E-state index in [1.807, 2.05) is 0 Å². The van der Waals surface area contributed by atoms with Gasteiger partial charge in [0.25, 0.3) is 0 Å². The first kappa shape index (κ1) is 15.2. The first-order chi connectivity index (χ1) is 8.09. The molecule has 6 heteroatoms. The zero-order valence-corrected chi connectivity index (χ0v) is 11.8. The third-order valence-corrected chi connectivity index (χ3v) is 5.39. The fraction of sp³-hybridized carbons (Fsp3) is 1.00. The minimum atomic E-state index is -2.81. The lowest BCUT2D eigenvalue weighted by atomic mass is 9.91. The van der Waals surface area contributed by atoms with Crippen molar-refractivity contribution >= 4 is 21.4 Å². The number of hydrogen-bond donors (Lipinski definition) is 0. The van der Waals surface area contributed by atoms with Crippen molar-refractivity contribution in [2.75, 3.05) is 44.3 Å². The third kappa shape index (κ3) is 5.55. The van der Waals surface area contributed by atoms with Gasteiger partial charge < -0.3 is 9.47 Å². The van der Waals surface area contributed by atoms with Crippen LogP contribution in [0.4, 0.5) is 0 Å². The molecular weight excluding hydrogens is 264 g/mol. The lowest BCUT2D eigenvalue weighted by Gasteiger charge is -2.19. The van der Waals surface area contributed by atoms with Crippen molar-refractivity contribution in [3.05, 3.63) is 0 Å². The van der Waals surface area contributed by atoms with Crippen LogP contribution < -0.4 is 0 Å². The number of alkyl halides is 1. The summed E-state index contributed by atoms with van der Waals surface area (Å²) in [6.45, 7) is 1.79. The predicted molar refractivity (Wildman–Crippen MR) is 68.3 cm³/mol. The lowest BCUT2D eigenvalue weighted by Crippen LogP contribution is -2.20. The zero-order chi connectivity index (χ0) is 12.7. The molecule has 0 aromatic heterocycles. The molecule has 0 N–H and O–H groups in total. The Balaban J connectivity index is 2.24. The van der Waals surface area contributed by atoms with E-state index in [1.165, 1.54) is 0 Å². The second kappa shape index (κ2) is 7.56. The normalized spacial score (nSPS) is 24.9. The van der Waals surface area contributed by atoms with Crippen LogP contribution in [-0.4, -0.2) is 52.7 Å². The lowest BCUT2D eigenvalue weighted by molar-refractivity contribution is 0.0619. The second-order valence-corrected chi connectivity index (χ2v) is 7.01. The highest BCUT2D eigenvalue weighted by Gasteiger charge is 2.32. The first-order valence-corrected chi connectivity index (χ1v) is 8.27. The molecule has 0 aliphatic carbocycles. The Morgan fingerprint density at radius 3 is 2.65 bits per heavy atom. The number of hydrogen-bond acceptors (Lipinski definition) is 4. The summed E-state index contributed by atoms with van der Waals surface area (Å²) in [5.74, 6) is 1.58. The van der Waals surface area contributed by atoms with Gasteiger partial charge in [0, 0.05) is 19.6 Å². The topological polar surface area (TPSA) is 52.6 Å². The molecule has 0 amide bonds. The molecule has 1 fully saturated rings. The molecule has 1 heterocycles. The summed E-state index contributed by atoms with van der Waals surface area (Å²) >= 11 is 5.91. The van der Waals surface area contributed by atoms with Crippen molar-refractivity contribution < 1.29 is 17.9 Å². The van der Waals surface area contributed by atoms with Gasteiger partial charge >= 0.3 is 0 Å². The van der Waals surface area contributed by atoms with Crippen LogP contribution in [0.1, 0.15) is 12.8 Å². The van der Waals surface area contributed by atoms with Gasteiger partial charge in [-0.3, -0.25) is 0 Å². The maximum Gasteiger partial charge on any atom is 0.150 e. The van der Waals surface area contributed by atoms with E-state index in [4.69, 9.17) is 21.1 Å². The van der Waals surface area contributed by atoms with Crippen LogP contribution in [0, 0.1) is 11.8 Å². The van der Waals surface area contributed by atoms with Gasteiger partial charge in [-0.25, -0.2) is 8.42 Å². The van der Waals surface area contributed by atoms with Crippen molar-refractivity contribution in [1.82, 2.24) is 0 Å². The third-order valence-electron chi connectivity index (χ3n) is 3.20. The van der Waals surface area contributed by atoms with Crippen molar-refractivity contribution in [2.24, 2.45) is 11.8 Å². The summed E-state index contributed by atoms with van der Waals surface area (Å²) in [4.78, 5) is 0. The highest BCUT2D eigenvalue weighted by molar-refractivity contribution is 7.91. The SMILES string of the molecule is COCCOCCC(CCl)C1CCS(=O)(=O)C1. The highest BCUT2D eigenvalue weighted by atomic mass is 35.5. The van der Waals surface area contributed by atoms with Gasteiger partial charge in [0.1, 0.15) is 0 Å². The molecule has 2 atom stereocenters. The minimum Gasteiger partial charge on any atom is -0.382 e. The Kier molecular flexibility index (Phi) is 6.77. The molecule has 4 nitrogen and oxygen atoms in total. The molecule has 1 aliphatic heterocycles. The maximum atomic E-state index is 11.4. The Labute approximate surface area is 109 Å². The monoisotopic (exact) mass is 284 g/mol. The molecule has 0 bridgehead atoms. The van der Waals surface area contributed by atoms with Crippen LogP contribution >= 0.6 is 11.6 Å². The smallest absolute Gasteiger partial charge is 0.150 e. The summed E-state index contributed by atoms with van der Waals surface area (Å²) in [6, 6.07) is 0. The number of sulfone groups is 1. The van der Waals surface area contributed by atoms with Crippen molar-refractivity contribution in [3.63, 3.8) is 0 Å². The Morgan fingerprint density at radius 1 is 1.35 bits per heavy atom. The van der Waals surface area contributed by atoms with Gasteiger partial charge in [0.2, 0.25) is 0 Å². The van der Waals surface area contributed by atoms with E-state index in [-0.39, 0.29) is 11.8 Å². The summed E-state index contributed by atoms with van der Waals surface area (Å²) < 4.78 is 33.0. The van der Waals surface area contributed by atoms with Gasteiger partial charge in [-0.05, 0) is 24.7 Å². The molecule has 2 unspecified atom stereocenters. The van der Waals surface area contributed by atoms with E-state index in [0.717, 1.165) is 12.8 Å². The average Bonchev–Trinajstić information content (AvgIpc) is 2.64. The van der Waals surface area contributed by atoms with Gasteiger partial charge in [-0.2, -0.15) is 0 Å². The van der Waals surface area contributed by atoms with Crippen molar-refractivity contribution in [3.8, 4) is 0 Å². The second-order valence-electron chi connectivity index (χ2n) is 4.47. The number of rotatable bonds is 8. The maximum absolute atomic E-state index is 11.4. The van der Waals surface area contributed by atoms with E-state index < -0.39 is 9.84 Å². The molecule has 0 spiro atoms. The van der Waals surface area contributed by atoms with E-state index in [1.54, 1.807) is 7.11 Å². The molecule has 0 saturated carbocycles. The van der Waals surface area contributed by atoms with Crippen LogP contribution in [0.3, 0.4) is 0 Å². The largest absolute Gasteiger partial charge is 0.382 e. The molecule has 0 radical (unpaired) electrons. The number of halogens is 1. The standard InChI is InChI=1S/C11H21ClO4S/c1-15-5-6-16-4-2-10(8-12)11-3-7-17(13,14)9-11/h10-11H,2-9H2,1H3. The van der Waals surface area contributed by atoms with Gasteiger partial charge in [-0.1, -0.05) is 0 Å². The van der Waals surface area contributed by atoms with Gasteiger partial charge in [0.05, 0.1) is 24.7 Å². The summed E-state index contributed by atoms with van der Waals surface area (Å²) in [7, 11) is -1.18. The molecule has 1 saturated heterocycles. The molecule has 0 aromatic rings. The van der Waals surface area contributed by atoms with E-state index in [9.17, 15) is 8.42 Å². The van der Waals surface area contributed by atoms with E-state index in [0.29, 0.717) is 37.2 Å². The Hall–Kier alpha value is 0.160. The quantitative estimate of drug-likeness (QED) is 0.498. The molecule has 17 heavy (non-hydrogen) atoms. The summed E-state index contributed by atoms with van der Waals surface area (Å²) in [5.41, 5.74) is 0. The minimum absolute atomic E-state index is 0.212. The highest BCUT2D eigenvalue weighted by Crippen LogP contribution is 2.29. The van der Waals surface area contributed by atoms with Crippen molar-refractivity contribution in [1.29, 1.82) is 0 Å². The molecular formula is C11H21ClO4S. The van der Waals surface area contributed by atoms with E-state index in [2.05, 4.69) is 0 Å². The van der Waals surface area contributed by atoms with Gasteiger partial charge in [-0.15, -0.1) is 11.6 Å². The summed E-state index contributed by atoms with van der Waals surface area (Å²) in [5, 5.41) is 0. The molecule has 102 valence electrons. The van der Waals surface area contributed by atoms with Crippen LogP contribution in [-0.2, 0) is 19.3 Å². The molecule has 0 aromatic carbocycles. The first-order valence-electron chi connectivity index (χ1n) is 5.92. The van der Waals surface area contributed by atoms with Gasteiger partial charge in [0.15, 0.2) is 9.84 Å². The van der Waals surface area contributed by atoms with Crippen LogP contribution in [0.5, 0.6) is 0 Å². The van der Waals surface area contributed by atoms with Crippen molar-refractivity contribution in [2.45, 2.75) is 12.8 Å². The molecule has 1 aliphatic rings. The fourth-order valence-electron chi connectivity index (χ4n) is 2.11. The van der Waals surface area contributed by atoms with E-state index >= 15 is 0 Å². The Morgan fingerprint density at radius 2 is 2.12 bits per heavy atom. The van der Waals surface area contributed by atoms with Crippen LogP contribution in [0.25, 0.3) is 0 Å².